The fourth-order valence-electron chi connectivity index (χ4n) is 1.45. The van der Waals surface area contributed by atoms with Crippen molar-refractivity contribution in [1.82, 2.24) is 15.5 Å². The average Bonchev–Trinajstić information content (AvgIpc) is 2.85. The molecule has 0 bridgehead atoms. The van der Waals surface area contributed by atoms with E-state index in [1.54, 1.807) is 0 Å². The highest BCUT2D eigenvalue weighted by atomic mass is 16.5. The summed E-state index contributed by atoms with van der Waals surface area (Å²) in [5.41, 5.74) is 6.36. The number of hydrogen-bond acceptors (Lipinski definition) is 5. The van der Waals surface area contributed by atoms with Gasteiger partial charge >= 0.3 is 0 Å². The largest absolute Gasteiger partial charge is 0.338 e. The highest BCUT2D eigenvalue weighted by molar-refractivity contribution is 5.53. The van der Waals surface area contributed by atoms with Crippen molar-refractivity contribution in [2.75, 3.05) is 13.1 Å². The summed E-state index contributed by atoms with van der Waals surface area (Å²) in [6, 6.07) is 9.77. The summed E-state index contributed by atoms with van der Waals surface area (Å²) in [4.78, 5) is 4.31. The molecule has 0 amide bonds. The first-order valence-electron chi connectivity index (χ1n) is 5.69. The van der Waals surface area contributed by atoms with E-state index in [4.69, 9.17) is 10.3 Å². The third-order valence-corrected chi connectivity index (χ3v) is 2.33. The topological polar surface area (TPSA) is 77.0 Å². The van der Waals surface area contributed by atoms with Gasteiger partial charge in [0.2, 0.25) is 11.7 Å². The first kappa shape index (κ1) is 11.8. The van der Waals surface area contributed by atoms with Gasteiger partial charge in [0.05, 0.1) is 6.54 Å². The fourth-order valence-corrected chi connectivity index (χ4v) is 1.45. The van der Waals surface area contributed by atoms with Gasteiger partial charge in [-0.3, -0.25) is 0 Å². The molecule has 0 spiro atoms. The van der Waals surface area contributed by atoms with Crippen LogP contribution in [-0.4, -0.2) is 23.2 Å². The number of nitrogens with one attached hydrogen (secondary N) is 1. The van der Waals surface area contributed by atoms with Gasteiger partial charge in [0.15, 0.2) is 0 Å². The normalized spacial score (nSPS) is 10.6. The predicted octanol–water partition coefficient (Wildman–Crippen LogP) is 1.17. The van der Waals surface area contributed by atoms with Crippen LogP contribution in [0.5, 0.6) is 0 Å². The Kier molecular flexibility index (Phi) is 4.23. The van der Waals surface area contributed by atoms with E-state index in [1.165, 1.54) is 0 Å². The van der Waals surface area contributed by atoms with Crippen molar-refractivity contribution in [1.29, 1.82) is 0 Å². The maximum atomic E-state index is 5.40. The van der Waals surface area contributed by atoms with Crippen LogP contribution in [0.1, 0.15) is 12.3 Å². The molecule has 90 valence electrons. The van der Waals surface area contributed by atoms with E-state index >= 15 is 0 Å². The van der Waals surface area contributed by atoms with Crippen molar-refractivity contribution < 1.29 is 4.52 Å². The molecule has 0 aliphatic rings. The maximum absolute atomic E-state index is 5.40. The van der Waals surface area contributed by atoms with Gasteiger partial charge in [0.25, 0.3) is 0 Å². The van der Waals surface area contributed by atoms with E-state index in [-0.39, 0.29) is 0 Å². The summed E-state index contributed by atoms with van der Waals surface area (Å²) in [6.45, 7) is 2.13. The van der Waals surface area contributed by atoms with Crippen molar-refractivity contribution in [2.45, 2.75) is 13.0 Å². The molecule has 3 N–H and O–H groups in total. The van der Waals surface area contributed by atoms with Gasteiger partial charge < -0.3 is 15.6 Å². The maximum Gasteiger partial charge on any atom is 0.240 e. The molecule has 0 aliphatic heterocycles. The minimum absolute atomic E-state index is 0.583. The smallest absolute Gasteiger partial charge is 0.240 e. The quantitative estimate of drug-likeness (QED) is 0.731. The molecule has 0 saturated heterocycles. The van der Waals surface area contributed by atoms with Gasteiger partial charge in [0.1, 0.15) is 0 Å². The summed E-state index contributed by atoms with van der Waals surface area (Å²) in [5.74, 6) is 1.22. The molecule has 1 aromatic carbocycles. The molecule has 5 heteroatoms. The summed E-state index contributed by atoms with van der Waals surface area (Å²) < 4.78 is 5.14. The lowest BCUT2D eigenvalue weighted by Crippen LogP contribution is -2.17. The molecule has 2 rings (SSSR count). The second kappa shape index (κ2) is 6.12. The zero-order valence-electron chi connectivity index (χ0n) is 9.60. The van der Waals surface area contributed by atoms with Crippen molar-refractivity contribution in [3.05, 3.63) is 36.2 Å². The molecule has 5 nitrogen and oxygen atoms in total. The van der Waals surface area contributed by atoms with E-state index in [0.717, 1.165) is 18.5 Å². The minimum Gasteiger partial charge on any atom is -0.338 e. The van der Waals surface area contributed by atoms with Gasteiger partial charge in [-0.2, -0.15) is 4.98 Å². The fraction of sp³-hybridized carbons (Fsp3) is 0.333. The molecule has 0 unspecified atom stereocenters. The zero-order chi connectivity index (χ0) is 11.9. The molecule has 0 saturated carbocycles. The minimum atomic E-state index is 0.583. The van der Waals surface area contributed by atoms with Crippen LogP contribution in [0.4, 0.5) is 0 Å². The monoisotopic (exact) mass is 232 g/mol. The highest BCUT2D eigenvalue weighted by Gasteiger charge is 2.06. The van der Waals surface area contributed by atoms with Crippen molar-refractivity contribution >= 4 is 0 Å². The lowest BCUT2D eigenvalue weighted by molar-refractivity contribution is 0.368. The van der Waals surface area contributed by atoms with Crippen molar-refractivity contribution in [3.8, 4) is 11.4 Å². The molecule has 1 aromatic heterocycles. The van der Waals surface area contributed by atoms with E-state index in [2.05, 4.69) is 15.5 Å². The standard InChI is InChI=1S/C12H16N4O/c13-7-4-8-14-9-11-15-12(16-17-11)10-5-2-1-3-6-10/h1-3,5-6,14H,4,7-9,13H2. The Morgan fingerprint density at radius 3 is 2.82 bits per heavy atom. The van der Waals surface area contributed by atoms with E-state index in [9.17, 15) is 0 Å². The summed E-state index contributed by atoms with van der Waals surface area (Å²) in [7, 11) is 0. The molecule has 0 fully saturated rings. The molecule has 0 radical (unpaired) electrons. The van der Waals surface area contributed by atoms with Crippen LogP contribution in [0.2, 0.25) is 0 Å². The van der Waals surface area contributed by atoms with Gasteiger partial charge in [-0.25, -0.2) is 0 Å². The lowest BCUT2D eigenvalue weighted by atomic mass is 10.2. The van der Waals surface area contributed by atoms with Crippen LogP contribution in [0, 0.1) is 0 Å². The number of rotatable bonds is 6. The third-order valence-electron chi connectivity index (χ3n) is 2.33. The molecule has 0 aliphatic carbocycles. The van der Waals surface area contributed by atoms with Crippen LogP contribution >= 0.6 is 0 Å². The van der Waals surface area contributed by atoms with Crippen molar-refractivity contribution in [2.24, 2.45) is 5.73 Å². The summed E-state index contributed by atoms with van der Waals surface area (Å²) in [5, 5.41) is 7.13. The molecule has 1 heterocycles. The third kappa shape index (κ3) is 3.37. The first-order valence-corrected chi connectivity index (χ1v) is 5.69. The Hall–Kier alpha value is -1.72. The summed E-state index contributed by atoms with van der Waals surface area (Å²) >= 11 is 0. The van der Waals surface area contributed by atoms with Crippen LogP contribution in [0.3, 0.4) is 0 Å². The van der Waals surface area contributed by atoms with Gasteiger partial charge in [0, 0.05) is 5.56 Å². The van der Waals surface area contributed by atoms with Gasteiger partial charge in [-0.05, 0) is 19.5 Å². The van der Waals surface area contributed by atoms with Crippen LogP contribution < -0.4 is 11.1 Å². The molecule has 0 atom stereocenters. The van der Waals surface area contributed by atoms with E-state index < -0.39 is 0 Å². The Labute approximate surface area is 100 Å². The average molecular weight is 232 g/mol. The highest BCUT2D eigenvalue weighted by Crippen LogP contribution is 2.14. The van der Waals surface area contributed by atoms with Gasteiger partial charge in [-0.1, -0.05) is 35.5 Å². The Morgan fingerprint density at radius 1 is 1.24 bits per heavy atom. The van der Waals surface area contributed by atoms with Crippen molar-refractivity contribution in [3.63, 3.8) is 0 Å². The Balaban J connectivity index is 1.92. The van der Waals surface area contributed by atoms with E-state index in [0.29, 0.717) is 24.8 Å². The SMILES string of the molecule is NCCCNCc1nc(-c2ccccc2)no1. The molecular weight excluding hydrogens is 216 g/mol. The summed E-state index contributed by atoms with van der Waals surface area (Å²) in [6.07, 6.45) is 0.944. The second-order valence-corrected chi connectivity index (χ2v) is 3.70. The van der Waals surface area contributed by atoms with Crippen LogP contribution in [0.15, 0.2) is 34.9 Å². The molecule has 2 aromatic rings. The number of nitrogens with two attached hydrogens (primary N) is 1. The number of benzene rings is 1. The number of nitrogens with zero attached hydrogens (tertiary/aromatic N) is 2. The second-order valence-electron chi connectivity index (χ2n) is 3.70. The number of aromatic nitrogens is 2. The zero-order valence-corrected chi connectivity index (χ0v) is 9.60. The lowest BCUT2D eigenvalue weighted by Gasteiger charge is -1.97. The molecular formula is C12H16N4O. The Morgan fingerprint density at radius 2 is 2.06 bits per heavy atom. The predicted molar refractivity (Wildman–Crippen MR) is 65.1 cm³/mol. The van der Waals surface area contributed by atoms with E-state index in [1.807, 2.05) is 30.3 Å². The Bertz CT molecular complexity index is 441. The van der Waals surface area contributed by atoms with Crippen LogP contribution in [0.25, 0.3) is 11.4 Å². The number of hydrogen-bond donors (Lipinski definition) is 2. The first-order chi connectivity index (χ1) is 8.40. The van der Waals surface area contributed by atoms with Gasteiger partial charge in [-0.15, -0.1) is 0 Å². The molecule has 17 heavy (non-hydrogen) atoms. The van der Waals surface area contributed by atoms with Crippen LogP contribution in [-0.2, 0) is 6.54 Å².